The van der Waals surface area contributed by atoms with Gasteiger partial charge >= 0.3 is 12.3 Å². The predicted molar refractivity (Wildman–Crippen MR) is 140 cm³/mol. The second-order valence-electron chi connectivity index (χ2n) is 9.36. The lowest BCUT2D eigenvalue weighted by molar-refractivity contribution is -0.189. The smallest absolute Gasteiger partial charge is 0.432 e. The second-order valence-corrected chi connectivity index (χ2v) is 9.36. The van der Waals surface area contributed by atoms with Gasteiger partial charge in [0.2, 0.25) is 0 Å². The number of alkyl halides is 5. The first-order chi connectivity index (χ1) is 20.7. The molecule has 0 saturated carbocycles. The van der Waals surface area contributed by atoms with Crippen molar-refractivity contribution in [1.29, 1.82) is 0 Å². The molecule has 0 radical (unpaired) electrons. The van der Waals surface area contributed by atoms with Crippen LogP contribution in [0, 0.1) is 40.9 Å². The summed E-state index contributed by atoms with van der Waals surface area (Å²) in [6, 6.07) is 11.1. The fraction of sp³-hybridized carbons (Fsp3) is 0.188. The fourth-order valence-corrected chi connectivity index (χ4v) is 4.03. The Hall–Kier alpha value is -4.66. The number of unbranched alkanes of at least 4 members (excludes halogenated alkanes) is 1. The number of hydrogen-bond acceptors (Lipinski definition) is 2. The normalized spacial score (nSPS) is 11.6. The van der Waals surface area contributed by atoms with E-state index in [2.05, 4.69) is 16.6 Å². The van der Waals surface area contributed by atoms with Gasteiger partial charge in [-0.25, -0.2) is 22.0 Å². The summed E-state index contributed by atoms with van der Waals surface area (Å²) in [6.45, 7) is 2.46. The molecule has 0 fully saturated rings. The SMILES string of the molecule is CCCCOc1ccc(-c2ccc(C#Cc3cc(F)c(C(F)(F)Oc4cc(F)c(C(F)(F)F)c(F)c4)c(F)c3)cc2)c(F)c1. The molecular weight excluding hydrogens is 606 g/mol. The largest absolute Gasteiger partial charge is 0.493 e. The summed E-state index contributed by atoms with van der Waals surface area (Å²) in [7, 11) is 0. The molecule has 2 nitrogen and oxygen atoms in total. The first kappa shape index (κ1) is 32.3. The average molecular weight is 626 g/mol. The van der Waals surface area contributed by atoms with Crippen LogP contribution in [0.2, 0.25) is 0 Å². The molecule has 230 valence electrons. The summed E-state index contributed by atoms with van der Waals surface area (Å²) in [5.41, 5.74) is -3.56. The number of halogens is 10. The van der Waals surface area contributed by atoms with E-state index in [0.29, 0.717) is 35.6 Å². The average Bonchev–Trinajstić information content (AvgIpc) is 2.90. The highest BCUT2D eigenvalue weighted by Crippen LogP contribution is 2.39. The van der Waals surface area contributed by atoms with Crippen molar-refractivity contribution in [3.05, 3.63) is 118 Å². The summed E-state index contributed by atoms with van der Waals surface area (Å²) in [5.74, 6) is -4.82. The Labute approximate surface area is 244 Å². The third kappa shape index (κ3) is 7.45. The number of benzene rings is 4. The maximum absolute atomic E-state index is 14.6. The zero-order valence-corrected chi connectivity index (χ0v) is 22.6. The van der Waals surface area contributed by atoms with Crippen molar-refractivity contribution in [3.63, 3.8) is 0 Å². The van der Waals surface area contributed by atoms with Crippen molar-refractivity contribution < 1.29 is 53.4 Å². The lowest BCUT2D eigenvalue weighted by atomic mass is 10.0. The molecule has 0 saturated heterocycles. The molecule has 0 atom stereocenters. The Morgan fingerprint density at radius 2 is 1.16 bits per heavy atom. The minimum absolute atomic E-state index is 0.187. The molecule has 0 heterocycles. The molecule has 0 bridgehead atoms. The van der Waals surface area contributed by atoms with E-state index in [9.17, 15) is 43.9 Å². The summed E-state index contributed by atoms with van der Waals surface area (Å²) in [4.78, 5) is 0. The van der Waals surface area contributed by atoms with Gasteiger partial charge in [0, 0.05) is 34.9 Å². The Bertz CT molecular complexity index is 1670. The van der Waals surface area contributed by atoms with Crippen LogP contribution < -0.4 is 9.47 Å². The minimum Gasteiger partial charge on any atom is -0.493 e. The van der Waals surface area contributed by atoms with Crippen LogP contribution >= 0.6 is 0 Å². The molecule has 0 amide bonds. The van der Waals surface area contributed by atoms with E-state index in [-0.39, 0.29) is 23.3 Å². The van der Waals surface area contributed by atoms with Gasteiger partial charge in [0.25, 0.3) is 0 Å². The van der Waals surface area contributed by atoms with Gasteiger partial charge in [-0.15, -0.1) is 0 Å². The number of ether oxygens (including phenoxy) is 2. The highest BCUT2D eigenvalue weighted by molar-refractivity contribution is 5.66. The maximum Gasteiger partial charge on any atom is 0.432 e. The van der Waals surface area contributed by atoms with Gasteiger partial charge in [0.1, 0.15) is 51.7 Å². The van der Waals surface area contributed by atoms with Crippen LogP contribution in [0.4, 0.5) is 43.9 Å². The molecule has 4 rings (SSSR count). The quantitative estimate of drug-likeness (QED) is 0.110. The molecule has 0 aliphatic rings. The molecule has 0 spiro atoms. The number of rotatable bonds is 8. The van der Waals surface area contributed by atoms with Gasteiger partial charge in [-0.2, -0.15) is 22.0 Å². The third-order valence-corrected chi connectivity index (χ3v) is 6.13. The van der Waals surface area contributed by atoms with Crippen molar-refractivity contribution in [2.75, 3.05) is 6.61 Å². The highest BCUT2D eigenvalue weighted by Gasteiger charge is 2.43. The maximum atomic E-state index is 14.6. The van der Waals surface area contributed by atoms with Gasteiger partial charge in [-0.1, -0.05) is 37.3 Å². The first-order valence-electron chi connectivity index (χ1n) is 12.9. The Morgan fingerprint density at radius 3 is 1.70 bits per heavy atom. The van der Waals surface area contributed by atoms with Gasteiger partial charge < -0.3 is 9.47 Å². The standard InChI is InChI=1S/C32H20F10O2/c1-2-3-12-43-21-10-11-23(24(33)15-21)20-8-6-18(7-9-20)4-5-19-13-25(34)30(26(35)14-19)32(41,42)44-22-16-27(36)29(28(37)17-22)31(38,39)40/h6-11,13-17H,2-3,12H2,1H3. The molecule has 44 heavy (non-hydrogen) atoms. The van der Waals surface area contributed by atoms with Gasteiger partial charge in [-0.05, 0) is 48.4 Å². The predicted octanol–water partition coefficient (Wildman–Crippen LogP) is 9.77. The topological polar surface area (TPSA) is 18.5 Å². The van der Waals surface area contributed by atoms with Gasteiger partial charge in [0.05, 0.1) is 6.61 Å². The Kier molecular flexibility index (Phi) is 9.47. The van der Waals surface area contributed by atoms with E-state index < -0.39 is 58.2 Å². The van der Waals surface area contributed by atoms with E-state index in [4.69, 9.17) is 4.74 Å². The molecule has 0 aliphatic carbocycles. The Balaban J connectivity index is 1.51. The molecule has 0 aromatic heterocycles. The van der Waals surface area contributed by atoms with Crippen molar-refractivity contribution >= 4 is 0 Å². The minimum atomic E-state index is -5.47. The van der Waals surface area contributed by atoms with E-state index in [0.717, 1.165) is 12.8 Å². The van der Waals surface area contributed by atoms with E-state index in [1.165, 1.54) is 18.2 Å². The molecule has 0 aliphatic heterocycles. The Morgan fingerprint density at radius 1 is 0.614 bits per heavy atom. The number of hydrogen-bond donors (Lipinski definition) is 0. The molecular formula is C32H20F10O2. The summed E-state index contributed by atoms with van der Waals surface area (Å²) in [6.07, 6.45) is -8.60. The summed E-state index contributed by atoms with van der Waals surface area (Å²) in [5, 5.41) is 0. The van der Waals surface area contributed by atoms with Crippen molar-refractivity contribution in [2.45, 2.75) is 32.1 Å². The van der Waals surface area contributed by atoms with Gasteiger partial charge in [-0.3, -0.25) is 0 Å². The van der Waals surface area contributed by atoms with Crippen molar-refractivity contribution in [2.24, 2.45) is 0 Å². The van der Waals surface area contributed by atoms with Crippen LogP contribution in [0.3, 0.4) is 0 Å². The van der Waals surface area contributed by atoms with E-state index >= 15 is 0 Å². The molecule has 0 N–H and O–H groups in total. The van der Waals surface area contributed by atoms with Crippen LogP contribution in [0.25, 0.3) is 11.1 Å². The lowest BCUT2D eigenvalue weighted by Gasteiger charge is -2.20. The summed E-state index contributed by atoms with van der Waals surface area (Å²) < 4.78 is 148. The fourth-order valence-electron chi connectivity index (χ4n) is 4.03. The van der Waals surface area contributed by atoms with Crippen molar-refractivity contribution in [3.8, 4) is 34.5 Å². The molecule has 4 aromatic rings. The highest BCUT2D eigenvalue weighted by atomic mass is 19.4. The second kappa shape index (κ2) is 12.9. The van der Waals surface area contributed by atoms with Crippen LogP contribution in [0.1, 0.15) is 42.0 Å². The van der Waals surface area contributed by atoms with E-state index in [1.807, 2.05) is 6.92 Å². The molecule has 12 heteroatoms. The third-order valence-electron chi connectivity index (χ3n) is 6.13. The molecule has 4 aromatic carbocycles. The van der Waals surface area contributed by atoms with Gasteiger partial charge in [0.15, 0.2) is 0 Å². The zero-order chi connectivity index (χ0) is 32.2. The monoisotopic (exact) mass is 626 g/mol. The lowest BCUT2D eigenvalue weighted by Crippen LogP contribution is -2.25. The first-order valence-corrected chi connectivity index (χ1v) is 12.9. The van der Waals surface area contributed by atoms with Crippen LogP contribution in [0.5, 0.6) is 11.5 Å². The molecule has 0 unspecified atom stereocenters. The van der Waals surface area contributed by atoms with Crippen LogP contribution in [-0.2, 0) is 12.3 Å². The zero-order valence-electron chi connectivity index (χ0n) is 22.6. The van der Waals surface area contributed by atoms with Crippen LogP contribution in [0.15, 0.2) is 66.7 Å². The summed E-state index contributed by atoms with van der Waals surface area (Å²) >= 11 is 0. The van der Waals surface area contributed by atoms with Crippen molar-refractivity contribution in [1.82, 2.24) is 0 Å². The van der Waals surface area contributed by atoms with E-state index in [1.54, 1.807) is 24.3 Å². The van der Waals surface area contributed by atoms with Crippen LogP contribution in [-0.4, -0.2) is 6.61 Å².